The second kappa shape index (κ2) is 6.08. The third-order valence-corrected chi connectivity index (χ3v) is 4.03. The third-order valence-electron chi connectivity index (χ3n) is 4.03. The second-order valence-corrected chi connectivity index (χ2v) is 7.14. The van der Waals surface area contributed by atoms with Gasteiger partial charge >= 0.3 is 6.09 Å². The molecule has 21 heavy (non-hydrogen) atoms. The number of aromatic nitrogens is 2. The van der Waals surface area contributed by atoms with Crippen LogP contribution in [0.2, 0.25) is 0 Å². The highest BCUT2D eigenvalue weighted by Crippen LogP contribution is 2.36. The summed E-state index contributed by atoms with van der Waals surface area (Å²) >= 11 is 0. The van der Waals surface area contributed by atoms with E-state index in [1.165, 1.54) is 31.4 Å². The van der Waals surface area contributed by atoms with Crippen LogP contribution in [0.5, 0.6) is 0 Å². The summed E-state index contributed by atoms with van der Waals surface area (Å²) in [6.45, 7) is 8.46. The van der Waals surface area contributed by atoms with Gasteiger partial charge in [-0.05, 0) is 40.5 Å². The van der Waals surface area contributed by atoms with Gasteiger partial charge in [0.25, 0.3) is 0 Å². The lowest BCUT2D eigenvalue weighted by Gasteiger charge is -2.28. The fourth-order valence-electron chi connectivity index (χ4n) is 2.98. The van der Waals surface area contributed by atoms with Crippen LogP contribution in [0.4, 0.5) is 4.79 Å². The fourth-order valence-corrected chi connectivity index (χ4v) is 2.98. The zero-order valence-corrected chi connectivity index (χ0v) is 13.6. The maximum Gasteiger partial charge on any atom is 0.407 e. The van der Waals surface area contributed by atoms with Gasteiger partial charge in [-0.15, -0.1) is 0 Å². The van der Waals surface area contributed by atoms with Crippen LogP contribution in [0.25, 0.3) is 0 Å². The Bertz CT molecular complexity index is 482. The highest BCUT2D eigenvalue weighted by atomic mass is 16.6. The molecule has 1 amide bonds. The molecule has 0 unspecified atom stereocenters. The van der Waals surface area contributed by atoms with Crippen molar-refractivity contribution in [3.05, 3.63) is 18.2 Å². The summed E-state index contributed by atoms with van der Waals surface area (Å²) in [5.41, 5.74) is 0.913. The van der Waals surface area contributed by atoms with E-state index in [9.17, 15) is 4.79 Å². The monoisotopic (exact) mass is 293 g/mol. The third kappa shape index (κ3) is 4.22. The molecular weight excluding hydrogens is 266 g/mol. The number of nitrogens with one attached hydrogen (secondary N) is 1. The molecule has 0 radical (unpaired) electrons. The Balaban J connectivity index is 1.87. The van der Waals surface area contributed by atoms with Crippen molar-refractivity contribution in [1.82, 2.24) is 14.9 Å². The van der Waals surface area contributed by atoms with Crippen molar-refractivity contribution in [3.8, 4) is 0 Å². The smallest absolute Gasteiger partial charge is 0.407 e. The van der Waals surface area contributed by atoms with E-state index in [0.29, 0.717) is 6.54 Å². The Morgan fingerprint density at radius 1 is 1.43 bits per heavy atom. The first kappa shape index (κ1) is 15.9. The molecule has 2 rings (SSSR count). The van der Waals surface area contributed by atoms with Crippen LogP contribution in [-0.4, -0.2) is 27.8 Å². The number of ether oxygens (including phenoxy) is 1. The lowest BCUT2D eigenvalue weighted by atomic mass is 10.00. The molecule has 0 aliphatic heterocycles. The topological polar surface area (TPSA) is 56.1 Å². The van der Waals surface area contributed by atoms with Crippen molar-refractivity contribution < 1.29 is 9.53 Å². The van der Waals surface area contributed by atoms with E-state index >= 15 is 0 Å². The van der Waals surface area contributed by atoms with Crippen molar-refractivity contribution in [2.45, 2.75) is 70.9 Å². The molecule has 1 aromatic heterocycles. The van der Waals surface area contributed by atoms with E-state index in [0.717, 1.165) is 6.42 Å². The lowest BCUT2D eigenvalue weighted by molar-refractivity contribution is 0.0528. The average Bonchev–Trinajstić information content (AvgIpc) is 2.96. The number of amides is 1. The van der Waals surface area contributed by atoms with Crippen LogP contribution < -0.4 is 5.32 Å². The Labute approximate surface area is 127 Å². The number of alkyl carbamates (subject to hydrolysis) is 1. The number of carbonyl (C=O) groups is 1. The van der Waals surface area contributed by atoms with Gasteiger partial charge in [0.15, 0.2) is 0 Å². The van der Waals surface area contributed by atoms with Gasteiger partial charge in [0, 0.05) is 30.4 Å². The first-order valence-corrected chi connectivity index (χ1v) is 7.79. The maximum atomic E-state index is 11.6. The van der Waals surface area contributed by atoms with Gasteiger partial charge in [-0.2, -0.15) is 0 Å². The molecule has 118 valence electrons. The molecule has 0 aromatic carbocycles. The summed E-state index contributed by atoms with van der Waals surface area (Å²) in [6, 6.07) is 0. The summed E-state index contributed by atoms with van der Waals surface area (Å²) in [6.07, 6.45) is 9.21. The predicted octanol–water partition coefficient (Wildman–Crippen LogP) is 3.24. The molecule has 1 saturated carbocycles. The quantitative estimate of drug-likeness (QED) is 0.927. The number of carbonyl (C=O) groups excluding carboxylic acids is 1. The predicted molar refractivity (Wildman–Crippen MR) is 82.3 cm³/mol. The van der Waals surface area contributed by atoms with Crippen molar-refractivity contribution in [2.75, 3.05) is 6.54 Å². The minimum absolute atomic E-state index is 0.192. The van der Waals surface area contributed by atoms with Crippen LogP contribution in [0.1, 0.15) is 59.1 Å². The number of rotatable bonds is 4. The fraction of sp³-hybridized carbons (Fsp3) is 0.750. The molecule has 5 nitrogen and oxygen atoms in total. The number of hydrogen-bond acceptors (Lipinski definition) is 3. The molecular formula is C16H27N3O2. The van der Waals surface area contributed by atoms with Crippen LogP contribution in [0.15, 0.2) is 12.5 Å². The molecule has 0 saturated heterocycles. The summed E-state index contributed by atoms with van der Waals surface area (Å²) in [7, 11) is 0. The normalized spacial score (nSPS) is 17.7. The maximum absolute atomic E-state index is 11.6. The Hall–Kier alpha value is -1.52. The van der Waals surface area contributed by atoms with E-state index in [1.54, 1.807) is 0 Å². The second-order valence-electron chi connectivity index (χ2n) is 7.14. The van der Waals surface area contributed by atoms with Crippen LogP contribution >= 0.6 is 0 Å². The Morgan fingerprint density at radius 2 is 2.10 bits per heavy atom. The Kier molecular flexibility index (Phi) is 4.59. The molecule has 1 aliphatic carbocycles. The van der Waals surface area contributed by atoms with Crippen LogP contribution in [0.3, 0.4) is 0 Å². The van der Waals surface area contributed by atoms with Crippen molar-refractivity contribution in [2.24, 2.45) is 0 Å². The highest BCUT2D eigenvalue weighted by molar-refractivity contribution is 5.67. The van der Waals surface area contributed by atoms with Gasteiger partial charge in [-0.25, -0.2) is 9.78 Å². The lowest BCUT2D eigenvalue weighted by Crippen LogP contribution is -2.34. The molecule has 1 aliphatic rings. The minimum Gasteiger partial charge on any atom is -0.444 e. The van der Waals surface area contributed by atoms with Crippen molar-refractivity contribution in [3.63, 3.8) is 0 Å². The summed E-state index contributed by atoms with van der Waals surface area (Å²) in [5, 5.41) is 2.81. The van der Waals surface area contributed by atoms with Gasteiger partial charge in [0.2, 0.25) is 0 Å². The van der Waals surface area contributed by atoms with Crippen LogP contribution in [0, 0.1) is 0 Å². The van der Waals surface area contributed by atoms with Gasteiger partial charge in [0.1, 0.15) is 5.60 Å². The number of imidazole rings is 1. The number of nitrogens with zero attached hydrogens (tertiary/aromatic N) is 2. The van der Waals surface area contributed by atoms with E-state index in [2.05, 4.69) is 21.8 Å². The molecule has 1 aromatic rings. The highest BCUT2D eigenvalue weighted by Gasteiger charge is 2.31. The first-order valence-electron chi connectivity index (χ1n) is 7.79. The molecule has 0 atom stereocenters. The summed E-state index contributed by atoms with van der Waals surface area (Å²) < 4.78 is 7.52. The molecule has 5 heteroatoms. The van der Waals surface area contributed by atoms with Crippen LogP contribution in [-0.2, 0) is 16.7 Å². The largest absolute Gasteiger partial charge is 0.444 e. The van der Waals surface area contributed by atoms with Gasteiger partial charge in [0.05, 0.1) is 6.33 Å². The molecule has 0 spiro atoms. The van der Waals surface area contributed by atoms with Crippen molar-refractivity contribution >= 4 is 6.09 Å². The van der Waals surface area contributed by atoms with Gasteiger partial charge < -0.3 is 14.6 Å². The zero-order chi connectivity index (χ0) is 15.5. The average molecular weight is 293 g/mol. The van der Waals surface area contributed by atoms with Crippen molar-refractivity contribution in [1.29, 1.82) is 0 Å². The first-order chi connectivity index (χ1) is 9.80. The SMILES string of the molecule is CC(C)(C)OC(=O)NCCc1cncn1C1(C)CCCC1. The van der Waals surface area contributed by atoms with E-state index in [4.69, 9.17) is 4.74 Å². The molecule has 1 fully saturated rings. The molecule has 1 heterocycles. The van der Waals surface area contributed by atoms with E-state index in [-0.39, 0.29) is 11.6 Å². The van der Waals surface area contributed by atoms with Gasteiger partial charge in [-0.1, -0.05) is 12.8 Å². The summed E-state index contributed by atoms with van der Waals surface area (Å²) in [5.74, 6) is 0. The standard InChI is InChI=1S/C16H27N3O2/c1-15(2,3)21-14(20)18-10-7-13-11-17-12-19(13)16(4)8-5-6-9-16/h11-12H,5-10H2,1-4H3,(H,18,20). The molecule has 0 bridgehead atoms. The van der Waals surface area contributed by atoms with Gasteiger partial charge in [-0.3, -0.25) is 0 Å². The minimum atomic E-state index is -0.455. The zero-order valence-electron chi connectivity index (χ0n) is 13.6. The van der Waals surface area contributed by atoms with E-state index in [1.807, 2.05) is 33.3 Å². The number of hydrogen-bond donors (Lipinski definition) is 1. The summed E-state index contributed by atoms with van der Waals surface area (Å²) in [4.78, 5) is 15.9. The van der Waals surface area contributed by atoms with E-state index < -0.39 is 5.60 Å². The Morgan fingerprint density at radius 3 is 2.71 bits per heavy atom. The molecule has 1 N–H and O–H groups in total.